The Morgan fingerprint density at radius 2 is 1.72 bits per heavy atom. The Balaban J connectivity index is 1.03. The van der Waals surface area contributed by atoms with Crippen LogP contribution in [-0.2, 0) is 56.0 Å². The summed E-state index contributed by atoms with van der Waals surface area (Å²) in [6, 6.07) is 30.0. The van der Waals surface area contributed by atoms with Gasteiger partial charge in [-0.25, -0.2) is 9.37 Å². The summed E-state index contributed by atoms with van der Waals surface area (Å²) in [5, 5.41) is 4.72. The summed E-state index contributed by atoms with van der Waals surface area (Å²) in [6.45, 7) is 5.86. The summed E-state index contributed by atoms with van der Waals surface area (Å²) in [4.78, 5) is 27.1. The SMILES string of the molecule is CN(C)C(=O)c1cc2n(n1)CCCN(c1cc(OC[C@@]34CCCN3C[C@H](F)C4)nc3c1COC1(CCCc4ccc(N(Cc5ccccc5)Cc5ccccc5)c(Br)c41)C3)C2. The van der Waals surface area contributed by atoms with Crippen LogP contribution in [0.25, 0.3) is 0 Å². The first-order valence-electron chi connectivity index (χ1n) is 22.0. The van der Waals surface area contributed by atoms with E-state index in [-0.39, 0.29) is 11.4 Å². The molecule has 5 aromatic rings. The van der Waals surface area contributed by atoms with Crippen LogP contribution < -0.4 is 14.5 Å². The Morgan fingerprint density at radius 3 is 2.48 bits per heavy atom. The third kappa shape index (κ3) is 7.73. The van der Waals surface area contributed by atoms with Crippen molar-refractivity contribution in [3.8, 4) is 5.88 Å². The first kappa shape index (κ1) is 40.3. The molecule has 3 aromatic carbocycles. The highest BCUT2D eigenvalue weighted by atomic mass is 79.9. The molecule has 0 bridgehead atoms. The largest absolute Gasteiger partial charge is 0.476 e. The van der Waals surface area contributed by atoms with Crippen molar-refractivity contribution in [3.63, 3.8) is 0 Å². The molecule has 10 nitrogen and oxygen atoms in total. The molecule has 61 heavy (non-hydrogen) atoms. The topological polar surface area (TPSA) is 79.2 Å². The maximum Gasteiger partial charge on any atom is 0.273 e. The predicted octanol–water partition coefficient (Wildman–Crippen LogP) is 8.62. The Morgan fingerprint density at radius 1 is 0.951 bits per heavy atom. The van der Waals surface area contributed by atoms with Gasteiger partial charge in [0.25, 0.3) is 5.91 Å². The van der Waals surface area contributed by atoms with Crippen LogP contribution in [0.5, 0.6) is 5.88 Å². The summed E-state index contributed by atoms with van der Waals surface area (Å²) in [7, 11) is 3.52. The second kappa shape index (κ2) is 16.5. The second-order valence-electron chi connectivity index (χ2n) is 18.1. The van der Waals surface area contributed by atoms with Crippen LogP contribution in [-0.4, -0.2) is 82.5 Å². The van der Waals surface area contributed by atoms with Gasteiger partial charge in [0.15, 0.2) is 5.69 Å². The molecule has 6 heterocycles. The van der Waals surface area contributed by atoms with Crippen LogP contribution in [0.3, 0.4) is 0 Å². The van der Waals surface area contributed by atoms with Gasteiger partial charge in [-0.3, -0.25) is 14.4 Å². The van der Waals surface area contributed by atoms with Crippen molar-refractivity contribution in [1.82, 2.24) is 24.6 Å². The molecule has 12 heteroatoms. The second-order valence-corrected chi connectivity index (χ2v) is 18.9. The zero-order valence-corrected chi connectivity index (χ0v) is 36.9. The predicted molar refractivity (Wildman–Crippen MR) is 239 cm³/mol. The highest BCUT2D eigenvalue weighted by Gasteiger charge is 2.50. The van der Waals surface area contributed by atoms with Crippen molar-refractivity contribution in [1.29, 1.82) is 0 Å². The zero-order chi connectivity index (χ0) is 41.7. The van der Waals surface area contributed by atoms with E-state index >= 15 is 0 Å². The van der Waals surface area contributed by atoms with Crippen LogP contribution in [0.2, 0.25) is 0 Å². The van der Waals surface area contributed by atoms with Gasteiger partial charge in [0.1, 0.15) is 18.4 Å². The van der Waals surface area contributed by atoms with Crippen LogP contribution in [0, 0.1) is 0 Å². The fraction of sp³-hybridized carbons (Fsp3) is 0.449. The van der Waals surface area contributed by atoms with Crippen molar-refractivity contribution in [2.24, 2.45) is 0 Å². The number of fused-ring (bicyclic) bond motifs is 5. The van der Waals surface area contributed by atoms with E-state index in [0.717, 1.165) is 104 Å². The lowest BCUT2D eigenvalue weighted by atomic mass is 9.74. The minimum Gasteiger partial charge on any atom is -0.476 e. The van der Waals surface area contributed by atoms with Gasteiger partial charge in [-0.05, 0) is 89.8 Å². The molecule has 2 fully saturated rings. The van der Waals surface area contributed by atoms with Crippen molar-refractivity contribution in [2.45, 2.75) is 101 Å². The number of anilines is 2. The fourth-order valence-electron chi connectivity index (χ4n) is 10.8. The first-order chi connectivity index (χ1) is 29.7. The summed E-state index contributed by atoms with van der Waals surface area (Å²) in [5.74, 6) is 0.479. The average molecular weight is 889 g/mol. The lowest BCUT2D eigenvalue weighted by Gasteiger charge is -2.44. The van der Waals surface area contributed by atoms with E-state index in [1.165, 1.54) is 22.3 Å². The van der Waals surface area contributed by atoms with Crippen molar-refractivity contribution in [3.05, 3.63) is 134 Å². The molecule has 1 aliphatic carbocycles. The van der Waals surface area contributed by atoms with E-state index in [1.54, 1.807) is 19.0 Å². The van der Waals surface area contributed by atoms with E-state index < -0.39 is 11.8 Å². The number of amides is 1. The van der Waals surface area contributed by atoms with Gasteiger partial charge in [-0.2, -0.15) is 5.10 Å². The lowest BCUT2D eigenvalue weighted by Crippen LogP contribution is -2.43. The molecule has 1 spiro atoms. The Kier molecular flexibility index (Phi) is 10.9. The molecule has 1 unspecified atom stereocenters. The Bertz CT molecular complexity index is 2370. The number of halogens is 2. The maximum atomic E-state index is 14.9. The number of benzene rings is 3. The molecular formula is C49H55BrFN7O3. The number of ether oxygens (including phenoxy) is 2. The van der Waals surface area contributed by atoms with Gasteiger partial charge < -0.3 is 24.2 Å². The van der Waals surface area contributed by atoms with Crippen molar-refractivity contribution >= 4 is 33.2 Å². The van der Waals surface area contributed by atoms with Gasteiger partial charge in [-0.15, -0.1) is 0 Å². The third-order valence-corrected chi connectivity index (χ3v) is 14.6. The number of aromatic nitrogens is 3. The van der Waals surface area contributed by atoms with Crippen LogP contribution >= 0.6 is 15.9 Å². The molecule has 0 N–H and O–H groups in total. The molecule has 10 rings (SSSR count). The number of alkyl halides is 1. The Hall–Kier alpha value is -4.78. The first-order valence-corrected chi connectivity index (χ1v) is 22.8. The molecule has 3 atom stereocenters. The summed E-state index contributed by atoms with van der Waals surface area (Å²) < 4.78 is 32.0. The summed E-state index contributed by atoms with van der Waals surface area (Å²) >= 11 is 4.23. The molecule has 0 radical (unpaired) electrons. The van der Waals surface area contributed by atoms with E-state index in [9.17, 15) is 9.18 Å². The summed E-state index contributed by atoms with van der Waals surface area (Å²) in [6.07, 6.45) is 6.02. The highest BCUT2D eigenvalue weighted by Crippen LogP contribution is 2.51. The monoisotopic (exact) mass is 887 g/mol. The lowest BCUT2D eigenvalue weighted by molar-refractivity contribution is -0.0858. The highest BCUT2D eigenvalue weighted by molar-refractivity contribution is 9.10. The van der Waals surface area contributed by atoms with Gasteiger partial charge in [0.05, 0.1) is 35.8 Å². The number of rotatable bonds is 10. The van der Waals surface area contributed by atoms with Crippen molar-refractivity contribution in [2.75, 3.05) is 50.1 Å². The normalized spacial score (nSPS) is 23.2. The van der Waals surface area contributed by atoms with Gasteiger partial charge in [-0.1, -0.05) is 66.7 Å². The standard InChI is InChI=1S/C49H55BrFN7O3/c1-54(2)47(59)40-24-38-31-55(21-11-23-58(38)53-40)43-25-44(60-33-48-19-10-22-57(48)30-37(51)26-48)52-41-27-49(61-32-39(41)43)20-9-16-36-17-18-42(46(50)45(36)49)56(28-34-12-5-3-6-13-34)29-35-14-7-4-8-15-35/h3-8,12-15,17-18,24-25,37H,9-11,16,19-23,26-33H2,1-2H3/t37-,48+,49?/m1/s1. The fourth-order valence-corrected chi connectivity index (χ4v) is 11.8. The molecule has 5 aliphatic rings. The Labute approximate surface area is 366 Å². The average Bonchev–Trinajstić information content (AvgIpc) is 3.89. The molecule has 0 saturated carbocycles. The number of aryl methyl sites for hydroxylation is 2. The molecule has 2 aromatic heterocycles. The number of hydrogen-bond donors (Lipinski definition) is 0. The third-order valence-electron chi connectivity index (χ3n) is 13.8. The minimum absolute atomic E-state index is 0.101. The smallest absolute Gasteiger partial charge is 0.273 e. The van der Waals surface area contributed by atoms with E-state index in [1.807, 2.05) is 10.7 Å². The van der Waals surface area contributed by atoms with Crippen molar-refractivity contribution < 1.29 is 18.7 Å². The van der Waals surface area contributed by atoms with Crippen LogP contribution in [0.15, 0.2) is 89.4 Å². The maximum absolute atomic E-state index is 14.9. The number of carbonyl (C=O) groups is 1. The number of pyridine rings is 1. The molecule has 4 aliphatic heterocycles. The quantitative estimate of drug-likeness (QED) is 0.138. The molecule has 1 amide bonds. The summed E-state index contributed by atoms with van der Waals surface area (Å²) in [5.41, 5.74) is 9.87. The number of hydrogen-bond acceptors (Lipinski definition) is 8. The molecule has 318 valence electrons. The van der Waals surface area contributed by atoms with E-state index in [0.29, 0.717) is 50.7 Å². The van der Waals surface area contributed by atoms with Gasteiger partial charge in [0.2, 0.25) is 5.88 Å². The molecular weight excluding hydrogens is 833 g/mol. The number of carbonyl (C=O) groups excluding carboxylic acids is 1. The van der Waals surface area contributed by atoms with E-state index in [4.69, 9.17) is 19.6 Å². The van der Waals surface area contributed by atoms with Crippen LogP contribution in [0.4, 0.5) is 15.8 Å². The molecule has 2 saturated heterocycles. The minimum atomic E-state index is -0.829. The van der Waals surface area contributed by atoms with E-state index in [2.05, 4.69) is 109 Å². The zero-order valence-electron chi connectivity index (χ0n) is 35.3. The number of nitrogens with zero attached hydrogens (tertiary/aromatic N) is 7. The van der Waals surface area contributed by atoms with Crippen LogP contribution in [0.1, 0.15) is 88.2 Å². The van der Waals surface area contributed by atoms with Gasteiger partial charge >= 0.3 is 0 Å². The van der Waals surface area contributed by atoms with Gasteiger partial charge in [0, 0.05) is 87.0 Å².